The predicted octanol–water partition coefficient (Wildman–Crippen LogP) is 2.04. The van der Waals surface area contributed by atoms with Crippen molar-refractivity contribution < 1.29 is 5.11 Å². The number of hydrogen-bond donors (Lipinski definition) is 1. The molecule has 2 aromatic rings. The standard InChI is InChI=1S/C14H21N3O/c1-4-12(16(2)3)14-15-11-7-5-6-8-13(11)17(14)9-10-18/h5-8,12,18H,4,9-10H2,1-3H3. The number of aliphatic hydroxyl groups is 1. The lowest BCUT2D eigenvalue weighted by Crippen LogP contribution is -2.23. The van der Waals surface area contributed by atoms with E-state index in [2.05, 4.69) is 36.6 Å². The Kier molecular flexibility index (Phi) is 3.99. The summed E-state index contributed by atoms with van der Waals surface area (Å²) in [5.41, 5.74) is 2.10. The van der Waals surface area contributed by atoms with Gasteiger partial charge in [-0.25, -0.2) is 4.98 Å². The lowest BCUT2D eigenvalue weighted by molar-refractivity contribution is 0.251. The lowest BCUT2D eigenvalue weighted by Gasteiger charge is -2.23. The summed E-state index contributed by atoms with van der Waals surface area (Å²) in [7, 11) is 4.13. The molecule has 1 heterocycles. The fourth-order valence-corrected chi connectivity index (χ4v) is 2.46. The van der Waals surface area contributed by atoms with E-state index in [0.29, 0.717) is 6.54 Å². The maximum atomic E-state index is 9.25. The molecule has 18 heavy (non-hydrogen) atoms. The van der Waals surface area contributed by atoms with Gasteiger partial charge in [0.25, 0.3) is 0 Å². The molecule has 0 spiro atoms. The SMILES string of the molecule is CCC(c1nc2ccccc2n1CCO)N(C)C. The Hall–Kier alpha value is -1.39. The summed E-state index contributed by atoms with van der Waals surface area (Å²) in [6.45, 7) is 2.89. The van der Waals surface area contributed by atoms with Crippen molar-refractivity contribution in [2.24, 2.45) is 0 Å². The Morgan fingerprint density at radius 2 is 2.06 bits per heavy atom. The van der Waals surface area contributed by atoms with Gasteiger partial charge < -0.3 is 9.67 Å². The molecular formula is C14H21N3O. The summed E-state index contributed by atoms with van der Waals surface area (Å²) in [6.07, 6.45) is 1.00. The van der Waals surface area contributed by atoms with E-state index in [1.807, 2.05) is 18.2 Å². The molecule has 0 aliphatic carbocycles. The maximum Gasteiger partial charge on any atom is 0.127 e. The van der Waals surface area contributed by atoms with Gasteiger partial charge in [0.05, 0.1) is 23.7 Å². The first-order valence-electron chi connectivity index (χ1n) is 6.41. The van der Waals surface area contributed by atoms with Crippen molar-refractivity contribution in [3.8, 4) is 0 Å². The number of imidazole rings is 1. The summed E-state index contributed by atoms with van der Waals surface area (Å²) in [5.74, 6) is 1.04. The zero-order chi connectivity index (χ0) is 13.1. The van der Waals surface area contributed by atoms with Crippen molar-refractivity contribution in [2.45, 2.75) is 25.9 Å². The number of nitrogens with zero attached hydrogens (tertiary/aromatic N) is 3. The van der Waals surface area contributed by atoms with Crippen molar-refractivity contribution in [1.82, 2.24) is 14.5 Å². The molecule has 0 aliphatic rings. The lowest BCUT2D eigenvalue weighted by atomic mass is 10.2. The first kappa shape index (κ1) is 13.1. The van der Waals surface area contributed by atoms with Gasteiger partial charge in [0, 0.05) is 6.54 Å². The van der Waals surface area contributed by atoms with Crippen molar-refractivity contribution >= 4 is 11.0 Å². The summed E-state index contributed by atoms with van der Waals surface area (Å²) in [4.78, 5) is 6.91. The van der Waals surface area contributed by atoms with Gasteiger partial charge in [0.1, 0.15) is 5.82 Å². The Morgan fingerprint density at radius 1 is 1.33 bits per heavy atom. The summed E-state index contributed by atoms with van der Waals surface area (Å²) in [6, 6.07) is 8.37. The number of fused-ring (bicyclic) bond motifs is 1. The molecule has 98 valence electrons. The molecule has 0 fully saturated rings. The summed E-state index contributed by atoms with van der Waals surface area (Å²) in [5, 5.41) is 9.25. The molecule has 1 aromatic carbocycles. The fourth-order valence-electron chi connectivity index (χ4n) is 2.46. The largest absolute Gasteiger partial charge is 0.395 e. The van der Waals surface area contributed by atoms with E-state index in [0.717, 1.165) is 23.3 Å². The highest BCUT2D eigenvalue weighted by molar-refractivity contribution is 5.76. The molecule has 1 N–H and O–H groups in total. The molecule has 0 saturated carbocycles. The summed E-state index contributed by atoms with van der Waals surface area (Å²) < 4.78 is 2.13. The highest BCUT2D eigenvalue weighted by Crippen LogP contribution is 2.25. The van der Waals surface area contributed by atoms with Crippen LogP contribution < -0.4 is 0 Å². The van der Waals surface area contributed by atoms with E-state index in [9.17, 15) is 5.11 Å². The molecule has 0 radical (unpaired) electrons. The second kappa shape index (κ2) is 5.50. The number of benzene rings is 1. The van der Waals surface area contributed by atoms with Crippen molar-refractivity contribution in [2.75, 3.05) is 20.7 Å². The molecule has 2 rings (SSSR count). The van der Waals surface area contributed by atoms with Crippen LogP contribution in [0.25, 0.3) is 11.0 Å². The van der Waals surface area contributed by atoms with Crippen molar-refractivity contribution in [3.63, 3.8) is 0 Å². The zero-order valence-corrected chi connectivity index (χ0v) is 11.3. The molecule has 1 unspecified atom stereocenters. The van der Waals surface area contributed by atoms with Crippen LogP contribution >= 0.6 is 0 Å². The zero-order valence-electron chi connectivity index (χ0n) is 11.3. The number of aromatic nitrogens is 2. The van der Waals surface area contributed by atoms with Gasteiger partial charge in [-0.2, -0.15) is 0 Å². The number of para-hydroxylation sites is 2. The van der Waals surface area contributed by atoms with Gasteiger partial charge >= 0.3 is 0 Å². The molecule has 4 heteroatoms. The van der Waals surface area contributed by atoms with Crippen LogP contribution in [-0.2, 0) is 6.54 Å². The van der Waals surface area contributed by atoms with E-state index < -0.39 is 0 Å². The van der Waals surface area contributed by atoms with Crippen LogP contribution in [0.4, 0.5) is 0 Å². The van der Waals surface area contributed by atoms with E-state index in [-0.39, 0.29) is 12.6 Å². The second-order valence-electron chi connectivity index (χ2n) is 4.72. The molecule has 1 aromatic heterocycles. The molecule has 0 amide bonds. The average molecular weight is 247 g/mol. The average Bonchev–Trinajstić information content (AvgIpc) is 2.70. The van der Waals surface area contributed by atoms with Crippen LogP contribution in [0.2, 0.25) is 0 Å². The monoisotopic (exact) mass is 247 g/mol. The summed E-state index contributed by atoms with van der Waals surface area (Å²) >= 11 is 0. The Morgan fingerprint density at radius 3 is 2.67 bits per heavy atom. The van der Waals surface area contributed by atoms with Crippen LogP contribution in [0, 0.1) is 0 Å². The second-order valence-corrected chi connectivity index (χ2v) is 4.72. The molecule has 0 aliphatic heterocycles. The molecular weight excluding hydrogens is 226 g/mol. The van der Waals surface area contributed by atoms with Gasteiger partial charge in [-0.3, -0.25) is 4.90 Å². The quantitative estimate of drug-likeness (QED) is 0.879. The van der Waals surface area contributed by atoms with Gasteiger partial charge in [0.2, 0.25) is 0 Å². The van der Waals surface area contributed by atoms with Crippen LogP contribution in [0.5, 0.6) is 0 Å². The van der Waals surface area contributed by atoms with Crippen molar-refractivity contribution in [1.29, 1.82) is 0 Å². The highest BCUT2D eigenvalue weighted by Gasteiger charge is 2.20. The molecule has 0 bridgehead atoms. The minimum absolute atomic E-state index is 0.136. The molecule has 0 saturated heterocycles. The highest BCUT2D eigenvalue weighted by atomic mass is 16.3. The smallest absolute Gasteiger partial charge is 0.127 e. The number of aliphatic hydroxyl groups excluding tert-OH is 1. The van der Waals surface area contributed by atoms with Crippen LogP contribution in [-0.4, -0.2) is 40.3 Å². The van der Waals surface area contributed by atoms with Gasteiger partial charge in [-0.05, 0) is 32.6 Å². The van der Waals surface area contributed by atoms with Gasteiger partial charge in [0.15, 0.2) is 0 Å². The number of hydrogen-bond acceptors (Lipinski definition) is 3. The normalized spacial score (nSPS) is 13.4. The van der Waals surface area contributed by atoms with E-state index in [1.165, 1.54) is 0 Å². The minimum atomic E-state index is 0.136. The maximum absolute atomic E-state index is 9.25. The van der Waals surface area contributed by atoms with E-state index in [4.69, 9.17) is 4.98 Å². The minimum Gasteiger partial charge on any atom is -0.395 e. The first-order valence-corrected chi connectivity index (χ1v) is 6.41. The molecule has 1 atom stereocenters. The fraction of sp³-hybridized carbons (Fsp3) is 0.500. The molecule has 4 nitrogen and oxygen atoms in total. The third-order valence-corrected chi connectivity index (χ3v) is 3.32. The third kappa shape index (κ3) is 2.26. The first-order chi connectivity index (χ1) is 8.69. The van der Waals surface area contributed by atoms with Crippen LogP contribution in [0.15, 0.2) is 24.3 Å². The Labute approximate surface area is 108 Å². The Balaban J connectivity index is 2.57. The number of rotatable bonds is 5. The third-order valence-electron chi connectivity index (χ3n) is 3.32. The van der Waals surface area contributed by atoms with Crippen LogP contribution in [0.1, 0.15) is 25.2 Å². The Bertz CT molecular complexity index is 519. The van der Waals surface area contributed by atoms with E-state index in [1.54, 1.807) is 0 Å². The van der Waals surface area contributed by atoms with E-state index >= 15 is 0 Å². The van der Waals surface area contributed by atoms with Gasteiger partial charge in [-0.1, -0.05) is 19.1 Å². The topological polar surface area (TPSA) is 41.3 Å². The van der Waals surface area contributed by atoms with Crippen molar-refractivity contribution in [3.05, 3.63) is 30.1 Å². The van der Waals surface area contributed by atoms with Gasteiger partial charge in [-0.15, -0.1) is 0 Å². The predicted molar refractivity (Wildman–Crippen MR) is 73.5 cm³/mol. The van der Waals surface area contributed by atoms with Crippen LogP contribution in [0.3, 0.4) is 0 Å².